The zero-order chi connectivity index (χ0) is 27.7. The third kappa shape index (κ3) is 4.97. The van der Waals surface area contributed by atoms with Crippen molar-refractivity contribution in [3.63, 3.8) is 0 Å². The van der Waals surface area contributed by atoms with Crippen LogP contribution in [0.2, 0.25) is 0 Å². The van der Waals surface area contributed by atoms with E-state index in [-0.39, 0.29) is 23.1 Å². The van der Waals surface area contributed by atoms with Crippen molar-refractivity contribution in [3.8, 4) is 28.7 Å². The number of carbonyl (C=O) groups excluding carboxylic acids is 1. The van der Waals surface area contributed by atoms with E-state index in [0.29, 0.717) is 83.7 Å². The molecule has 3 aromatic carbocycles. The number of aromatic hydroxyl groups is 1. The predicted molar refractivity (Wildman–Crippen MR) is 146 cm³/mol. The normalized spacial score (nSPS) is 16.3. The van der Waals surface area contributed by atoms with Crippen LogP contribution in [0.25, 0.3) is 6.08 Å². The number of hydrogen-bond donors (Lipinski definition) is 1. The average Bonchev–Trinajstić information content (AvgIpc) is 3.27. The van der Waals surface area contributed by atoms with Gasteiger partial charge in [0.05, 0.1) is 38.1 Å². The molecule has 1 fully saturated rings. The number of carbonyl (C=O) groups is 1. The van der Waals surface area contributed by atoms with Crippen LogP contribution in [0.5, 0.6) is 28.7 Å². The number of ketones is 1. The van der Waals surface area contributed by atoms with Crippen LogP contribution in [0.3, 0.4) is 0 Å². The number of rotatable bonds is 7. The lowest BCUT2D eigenvalue weighted by Crippen LogP contribution is -2.46. The number of phenols is 1. The van der Waals surface area contributed by atoms with Gasteiger partial charge in [0, 0.05) is 44.4 Å². The quantitative estimate of drug-likeness (QED) is 0.433. The van der Waals surface area contributed by atoms with Crippen molar-refractivity contribution < 1.29 is 33.2 Å². The molecule has 0 bridgehead atoms. The lowest BCUT2D eigenvalue weighted by atomic mass is 9.99. The van der Waals surface area contributed by atoms with Crippen molar-refractivity contribution in [3.05, 3.63) is 76.3 Å². The molecule has 0 atom stereocenters. The summed E-state index contributed by atoms with van der Waals surface area (Å²) < 4.78 is 36.7. The Morgan fingerprint density at radius 3 is 2.31 bits per heavy atom. The second-order valence-corrected chi connectivity index (χ2v) is 9.50. The highest BCUT2D eigenvalue weighted by atomic mass is 19.1. The van der Waals surface area contributed by atoms with Gasteiger partial charge in [-0.15, -0.1) is 0 Å². The predicted octanol–water partition coefficient (Wildman–Crippen LogP) is 4.80. The Kier molecular flexibility index (Phi) is 7.34. The SMILES string of the molecule is COc1cc(OC)c(OC)cc1/C=C1\Oc2c(CN3CCN(c4ccccc4F)CC3)c(O)cc(C)c2C1=O. The van der Waals surface area contributed by atoms with E-state index in [2.05, 4.69) is 4.90 Å². The molecule has 0 aromatic heterocycles. The lowest BCUT2D eigenvalue weighted by molar-refractivity contribution is 0.101. The van der Waals surface area contributed by atoms with Crippen LogP contribution in [0, 0.1) is 12.7 Å². The van der Waals surface area contributed by atoms with Crippen molar-refractivity contribution in [1.29, 1.82) is 0 Å². The third-order valence-electron chi connectivity index (χ3n) is 7.19. The van der Waals surface area contributed by atoms with E-state index in [1.54, 1.807) is 43.3 Å². The topological polar surface area (TPSA) is 80.7 Å². The minimum absolute atomic E-state index is 0.0699. The molecule has 0 radical (unpaired) electrons. The summed E-state index contributed by atoms with van der Waals surface area (Å²) in [4.78, 5) is 17.6. The van der Waals surface area contributed by atoms with Gasteiger partial charge in [0.2, 0.25) is 5.78 Å². The maximum Gasteiger partial charge on any atom is 0.232 e. The molecule has 3 aromatic rings. The summed E-state index contributed by atoms with van der Waals surface area (Å²) in [5, 5.41) is 10.9. The summed E-state index contributed by atoms with van der Waals surface area (Å²) >= 11 is 0. The van der Waals surface area contributed by atoms with E-state index >= 15 is 0 Å². The first-order valence-corrected chi connectivity index (χ1v) is 12.7. The number of halogens is 1. The molecule has 0 unspecified atom stereocenters. The van der Waals surface area contributed by atoms with Crippen LogP contribution in [-0.2, 0) is 6.54 Å². The van der Waals surface area contributed by atoms with Gasteiger partial charge in [-0.1, -0.05) is 12.1 Å². The molecule has 0 aliphatic carbocycles. The second-order valence-electron chi connectivity index (χ2n) is 9.50. The zero-order valence-corrected chi connectivity index (χ0v) is 22.4. The van der Waals surface area contributed by atoms with Gasteiger partial charge in [0.25, 0.3) is 0 Å². The first-order chi connectivity index (χ1) is 18.8. The first kappa shape index (κ1) is 26.4. The number of piperazine rings is 1. The maximum absolute atomic E-state index is 14.3. The van der Waals surface area contributed by atoms with Crippen molar-refractivity contribution in [2.24, 2.45) is 0 Å². The fourth-order valence-electron chi connectivity index (χ4n) is 5.12. The van der Waals surface area contributed by atoms with Gasteiger partial charge in [-0.3, -0.25) is 9.69 Å². The number of aryl methyl sites for hydroxylation is 1. The van der Waals surface area contributed by atoms with Crippen LogP contribution < -0.4 is 23.8 Å². The largest absolute Gasteiger partial charge is 0.507 e. The summed E-state index contributed by atoms with van der Waals surface area (Å²) in [6.07, 6.45) is 1.61. The maximum atomic E-state index is 14.3. The van der Waals surface area contributed by atoms with Crippen LogP contribution in [-0.4, -0.2) is 63.3 Å². The van der Waals surface area contributed by atoms with E-state index in [1.807, 2.05) is 11.0 Å². The number of benzene rings is 3. The minimum Gasteiger partial charge on any atom is -0.507 e. The fraction of sp³-hybridized carbons (Fsp3) is 0.300. The van der Waals surface area contributed by atoms with Gasteiger partial charge in [-0.25, -0.2) is 4.39 Å². The zero-order valence-electron chi connectivity index (χ0n) is 22.4. The van der Waals surface area contributed by atoms with Crippen LogP contribution >= 0.6 is 0 Å². The Bertz CT molecular complexity index is 1450. The van der Waals surface area contributed by atoms with Gasteiger partial charge < -0.3 is 29.0 Å². The molecule has 0 spiro atoms. The Morgan fingerprint density at radius 1 is 0.974 bits per heavy atom. The molecule has 2 heterocycles. The molecule has 9 heteroatoms. The Balaban J connectivity index is 1.41. The standard InChI is InChI=1S/C30H31FN2O6/c1-18-13-23(34)20(17-32-9-11-33(12-10-32)22-8-6-5-7-21(22)31)30-28(18)29(35)27(39-30)15-19-14-25(37-3)26(38-4)16-24(19)36-2/h5-8,13-16,34H,9-12,17H2,1-4H3/b27-15-. The molecule has 39 heavy (non-hydrogen) atoms. The smallest absolute Gasteiger partial charge is 0.232 e. The number of phenolic OH excluding ortho intramolecular Hbond substituents is 1. The molecule has 8 nitrogen and oxygen atoms in total. The van der Waals surface area contributed by atoms with E-state index < -0.39 is 0 Å². The van der Waals surface area contributed by atoms with Crippen molar-refractivity contribution in [2.75, 3.05) is 52.4 Å². The number of Topliss-reactive ketones (excluding diaryl/α,β-unsaturated/α-hetero) is 1. The molecule has 5 rings (SSSR count). The monoisotopic (exact) mass is 534 g/mol. The Morgan fingerprint density at radius 2 is 1.64 bits per heavy atom. The van der Waals surface area contributed by atoms with E-state index in [4.69, 9.17) is 18.9 Å². The van der Waals surface area contributed by atoms with Crippen LogP contribution in [0.1, 0.15) is 27.0 Å². The van der Waals surface area contributed by atoms with Crippen LogP contribution in [0.15, 0.2) is 48.2 Å². The minimum atomic E-state index is -0.273. The molecule has 0 amide bonds. The number of hydrogen-bond acceptors (Lipinski definition) is 8. The summed E-state index contributed by atoms with van der Waals surface area (Å²) in [5.41, 5.74) is 2.78. The van der Waals surface area contributed by atoms with Crippen molar-refractivity contribution in [1.82, 2.24) is 4.90 Å². The van der Waals surface area contributed by atoms with Gasteiger partial charge in [-0.05, 0) is 42.8 Å². The first-order valence-electron chi connectivity index (χ1n) is 12.7. The second kappa shape index (κ2) is 10.9. The van der Waals surface area contributed by atoms with E-state index in [9.17, 15) is 14.3 Å². The number of ether oxygens (including phenoxy) is 4. The van der Waals surface area contributed by atoms with Crippen LogP contribution in [0.4, 0.5) is 10.1 Å². The molecule has 1 N–H and O–H groups in total. The summed E-state index contributed by atoms with van der Waals surface area (Å²) in [6.45, 7) is 4.77. The van der Waals surface area contributed by atoms with Gasteiger partial charge in [-0.2, -0.15) is 0 Å². The highest BCUT2D eigenvalue weighted by Gasteiger charge is 2.34. The molecule has 2 aliphatic rings. The highest BCUT2D eigenvalue weighted by Crippen LogP contribution is 2.43. The van der Waals surface area contributed by atoms with Crippen molar-refractivity contribution in [2.45, 2.75) is 13.5 Å². The summed E-state index contributed by atoms with van der Waals surface area (Å²) in [7, 11) is 4.59. The molecular formula is C30H31FN2O6. The summed E-state index contributed by atoms with van der Waals surface area (Å²) in [5.74, 6) is 1.51. The fourth-order valence-corrected chi connectivity index (χ4v) is 5.12. The van der Waals surface area contributed by atoms with E-state index in [0.717, 1.165) is 0 Å². The van der Waals surface area contributed by atoms with Gasteiger partial charge in [0.1, 0.15) is 23.1 Å². The molecule has 0 saturated carbocycles. The number of allylic oxidation sites excluding steroid dienone is 1. The van der Waals surface area contributed by atoms with Gasteiger partial charge >= 0.3 is 0 Å². The molecule has 204 valence electrons. The Labute approximate surface area is 226 Å². The number of anilines is 1. The molecule has 1 saturated heterocycles. The number of methoxy groups -OCH3 is 3. The number of fused-ring (bicyclic) bond motifs is 1. The highest BCUT2D eigenvalue weighted by molar-refractivity contribution is 6.16. The van der Waals surface area contributed by atoms with E-state index in [1.165, 1.54) is 27.4 Å². The van der Waals surface area contributed by atoms with Gasteiger partial charge in [0.15, 0.2) is 17.3 Å². The summed E-state index contributed by atoms with van der Waals surface area (Å²) in [6, 6.07) is 11.8. The number of nitrogens with zero attached hydrogens (tertiary/aromatic N) is 2. The molecular weight excluding hydrogens is 503 g/mol. The lowest BCUT2D eigenvalue weighted by Gasteiger charge is -2.36. The Hall–Kier alpha value is -4.24. The third-order valence-corrected chi connectivity index (χ3v) is 7.19. The average molecular weight is 535 g/mol. The number of para-hydroxylation sites is 1. The van der Waals surface area contributed by atoms with Crippen molar-refractivity contribution >= 4 is 17.5 Å². The molecule has 2 aliphatic heterocycles.